The molecule has 44 heavy (non-hydrogen) atoms. The zero-order chi connectivity index (χ0) is 32.9. The third kappa shape index (κ3) is 12.7. The number of aliphatic carboxylic acids is 1. The molecule has 0 atom stereocenters. The SMILES string of the molecule is N=C(NO)c1ccc(CCOP(=O)(O)O)c(OCCNC(=O)c2ccc(C(=O)NN3CCCC3)cc2)c1.O=C(O)C(F)(F)F. The molecule has 19 heteroatoms. The Morgan fingerprint density at radius 3 is 2.02 bits per heavy atom. The van der Waals surface area contributed by atoms with E-state index in [0.29, 0.717) is 28.0 Å². The second-order valence-corrected chi connectivity index (χ2v) is 10.2. The number of halogens is 3. The molecule has 1 heterocycles. The van der Waals surface area contributed by atoms with Crippen molar-refractivity contribution in [1.82, 2.24) is 21.2 Å². The van der Waals surface area contributed by atoms with E-state index in [9.17, 15) is 27.3 Å². The highest BCUT2D eigenvalue weighted by molar-refractivity contribution is 7.46. The van der Waals surface area contributed by atoms with Gasteiger partial charge in [0.1, 0.15) is 18.2 Å². The number of carbonyl (C=O) groups is 3. The molecule has 2 aromatic carbocycles. The van der Waals surface area contributed by atoms with Crippen LogP contribution in [0.5, 0.6) is 5.75 Å². The number of carboxylic acids is 1. The molecule has 0 unspecified atom stereocenters. The zero-order valence-corrected chi connectivity index (χ0v) is 23.9. The van der Waals surface area contributed by atoms with Crippen molar-refractivity contribution < 1.29 is 61.5 Å². The van der Waals surface area contributed by atoms with Crippen LogP contribution in [-0.2, 0) is 20.3 Å². The molecule has 1 saturated heterocycles. The molecule has 15 nitrogen and oxygen atoms in total. The number of carbonyl (C=O) groups excluding carboxylic acids is 2. The minimum Gasteiger partial charge on any atom is -0.491 e. The minimum atomic E-state index is -5.08. The molecule has 242 valence electrons. The largest absolute Gasteiger partial charge is 0.491 e. The van der Waals surface area contributed by atoms with Crippen LogP contribution in [0.1, 0.15) is 44.7 Å². The van der Waals surface area contributed by atoms with Gasteiger partial charge in [-0.05, 0) is 48.7 Å². The summed E-state index contributed by atoms with van der Waals surface area (Å²) in [6, 6.07) is 10.9. The van der Waals surface area contributed by atoms with Crippen LogP contribution >= 0.6 is 7.82 Å². The number of carboxylic acid groups (broad SMARTS) is 1. The number of ether oxygens (including phenoxy) is 1. The predicted molar refractivity (Wildman–Crippen MR) is 146 cm³/mol. The molecule has 0 bridgehead atoms. The number of hydroxylamine groups is 1. The molecule has 0 aromatic heterocycles. The van der Waals surface area contributed by atoms with E-state index >= 15 is 0 Å². The first-order chi connectivity index (χ1) is 20.6. The molecule has 0 aliphatic carbocycles. The summed E-state index contributed by atoms with van der Waals surface area (Å²) < 4.78 is 52.9. The minimum absolute atomic E-state index is 0.0533. The van der Waals surface area contributed by atoms with E-state index < -0.39 is 20.0 Å². The highest BCUT2D eigenvalue weighted by Gasteiger charge is 2.38. The Labute approximate surface area is 248 Å². The number of nitrogens with one attached hydrogen (secondary N) is 4. The Morgan fingerprint density at radius 1 is 0.955 bits per heavy atom. The van der Waals surface area contributed by atoms with Crippen molar-refractivity contribution in [2.45, 2.75) is 25.4 Å². The second-order valence-electron chi connectivity index (χ2n) is 9.00. The van der Waals surface area contributed by atoms with E-state index in [-0.39, 0.29) is 43.8 Å². The van der Waals surface area contributed by atoms with Crippen molar-refractivity contribution >= 4 is 31.4 Å². The van der Waals surface area contributed by atoms with Gasteiger partial charge in [0, 0.05) is 36.2 Å². The summed E-state index contributed by atoms with van der Waals surface area (Å²) in [6.07, 6.45) is -2.88. The molecule has 2 amide bonds. The summed E-state index contributed by atoms with van der Waals surface area (Å²) in [4.78, 5) is 51.4. The van der Waals surface area contributed by atoms with E-state index in [4.69, 9.17) is 35.0 Å². The number of alkyl halides is 3. The Bertz CT molecular complexity index is 1350. The van der Waals surface area contributed by atoms with E-state index in [2.05, 4.69) is 15.3 Å². The Kier molecular flexibility index (Phi) is 13.7. The van der Waals surface area contributed by atoms with Gasteiger partial charge in [-0.2, -0.15) is 13.2 Å². The van der Waals surface area contributed by atoms with Crippen LogP contribution in [0.3, 0.4) is 0 Å². The summed E-state index contributed by atoms with van der Waals surface area (Å²) in [5, 5.41) is 28.4. The fourth-order valence-corrected chi connectivity index (χ4v) is 3.96. The fourth-order valence-electron chi connectivity index (χ4n) is 3.63. The Hall–Kier alpha value is -4.06. The molecule has 3 rings (SSSR count). The van der Waals surface area contributed by atoms with Crippen molar-refractivity contribution in [3.05, 3.63) is 64.7 Å². The van der Waals surface area contributed by atoms with Crippen molar-refractivity contribution in [2.24, 2.45) is 0 Å². The van der Waals surface area contributed by atoms with Crippen LogP contribution in [0.15, 0.2) is 42.5 Å². The second kappa shape index (κ2) is 16.7. The first kappa shape index (κ1) is 36.1. The molecular formula is C25H31F3N5O10P. The lowest BCUT2D eigenvalue weighted by atomic mass is 10.1. The van der Waals surface area contributed by atoms with Gasteiger partial charge in [-0.3, -0.25) is 35.6 Å². The van der Waals surface area contributed by atoms with Crippen LogP contribution in [0.25, 0.3) is 0 Å². The predicted octanol–water partition coefficient (Wildman–Crippen LogP) is 1.83. The molecule has 1 aliphatic rings. The van der Waals surface area contributed by atoms with Crippen LogP contribution in [0.4, 0.5) is 13.2 Å². The fraction of sp³-hybridized carbons (Fsp3) is 0.360. The number of rotatable bonds is 12. The number of phosphoric acid groups is 1. The number of benzene rings is 2. The third-order valence-electron chi connectivity index (χ3n) is 5.76. The molecule has 2 aromatic rings. The lowest BCUT2D eigenvalue weighted by Gasteiger charge is -2.16. The monoisotopic (exact) mass is 649 g/mol. The van der Waals surface area contributed by atoms with Gasteiger partial charge in [0.15, 0.2) is 0 Å². The number of amides is 2. The quantitative estimate of drug-likeness (QED) is 0.0541. The Morgan fingerprint density at radius 2 is 1.50 bits per heavy atom. The van der Waals surface area contributed by atoms with Gasteiger partial charge in [-0.15, -0.1) is 0 Å². The van der Waals surface area contributed by atoms with Crippen LogP contribution in [0.2, 0.25) is 0 Å². The topological polar surface area (TPSA) is 231 Å². The number of amidine groups is 1. The van der Waals surface area contributed by atoms with Gasteiger partial charge < -0.3 is 24.9 Å². The van der Waals surface area contributed by atoms with Crippen LogP contribution < -0.4 is 21.0 Å². The van der Waals surface area contributed by atoms with Crippen molar-refractivity contribution in [2.75, 3.05) is 32.8 Å². The Balaban J connectivity index is 0.000000860. The molecule has 0 spiro atoms. The standard InChI is InChI=1S/C23H30N5O8P.C2HF3O2/c24-21(27-31)19-8-3-16(9-13-36-37(32,33)34)20(15-19)35-14-10-25-22(29)17-4-6-18(7-5-17)23(30)26-28-11-1-2-12-28;3-2(4,5)1(6)7/h3-8,15,31H,1-2,9-14H2,(H2,24,27)(H,25,29)(H,26,30)(H2,32,33,34);(H,6,7). The van der Waals surface area contributed by atoms with Crippen molar-refractivity contribution in [3.8, 4) is 5.75 Å². The molecule has 8 N–H and O–H groups in total. The number of hydrazine groups is 1. The summed E-state index contributed by atoms with van der Waals surface area (Å²) in [5.74, 6) is -3.31. The lowest BCUT2D eigenvalue weighted by molar-refractivity contribution is -0.192. The van der Waals surface area contributed by atoms with Gasteiger partial charge >= 0.3 is 20.0 Å². The average Bonchev–Trinajstić information content (AvgIpc) is 3.47. The molecular weight excluding hydrogens is 618 g/mol. The van der Waals surface area contributed by atoms with E-state index in [1.807, 2.05) is 5.01 Å². The van der Waals surface area contributed by atoms with E-state index in [1.165, 1.54) is 12.1 Å². The van der Waals surface area contributed by atoms with E-state index in [1.54, 1.807) is 35.8 Å². The number of hydrogen-bond acceptors (Lipinski definition) is 9. The van der Waals surface area contributed by atoms with Gasteiger partial charge in [0.25, 0.3) is 11.8 Å². The van der Waals surface area contributed by atoms with Crippen LogP contribution in [0, 0.1) is 5.41 Å². The first-order valence-electron chi connectivity index (χ1n) is 12.8. The molecule has 1 fully saturated rings. The summed E-state index contributed by atoms with van der Waals surface area (Å²) in [5.41, 5.74) is 6.27. The molecule has 0 saturated carbocycles. The van der Waals surface area contributed by atoms with Gasteiger partial charge in [-0.1, -0.05) is 12.1 Å². The maximum Gasteiger partial charge on any atom is 0.490 e. The van der Waals surface area contributed by atoms with Crippen molar-refractivity contribution in [1.29, 1.82) is 5.41 Å². The summed E-state index contributed by atoms with van der Waals surface area (Å²) in [6.45, 7) is 1.56. The molecule has 1 aliphatic heterocycles. The maximum absolute atomic E-state index is 12.5. The maximum atomic E-state index is 12.5. The number of hydrogen-bond donors (Lipinski definition) is 8. The van der Waals surface area contributed by atoms with E-state index in [0.717, 1.165) is 25.9 Å². The molecule has 0 radical (unpaired) electrons. The zero-order valence-electron chi connectivity index (χ0n) is 23.0. The first-order valence-corrected chi connectivity index (χ1v) is 14.3. The third-order valence-corrected chi connectivity index (χ3v) is 6.28. The summed E-state index contributed by atoms with van der Waals surface area (Å²) in [7, 11) is -4.62. The number of nitrogens with zero attached hydrogens (tertiary/aromatic N) is 1. The van der Waals surface area contributed by atoms with Crippen LogP contribution in [-0.4, -0.2) is 87.8 Å². The smallest absolute Gasteiger partial charge is 0.490 e. The highest BCUT2D eigenvalue weighted by atomic mass is 31.2. The normalized spacial score (nSPS) is 13.3. The van der Waals surface area contributed by atoms with Gasteiger partial charge in [0.2, 0.25) is 0 Å². The average molecular weight is 650 g/mol. The van der Waals surface area contributed by atoms with Gasteiger partial charge in [-0.25, -0.2) is 14.4 Å². The number of phosphoric ester groups is 1. The highest BCUT2D eigenvalue weighted by Crippen LogP contribution is 2.36. The van der Waals surface area contributed by atoms with Gasteiger partial charge in [0.05, 0.1) is 13.2 Å². The lowest BCUT2D eigenvalue weighted by Crippen LogP contribution is -2.40. The summed E-state index contributed by atoms with van der Waals surface area (Å²) >= 11 is 0. The van der Waals surface area contributed by atoms with Crippen molar-refractivity contribution in [3.63, 3.8) is 0 Å².